The van der Waals surface area contributed by atoms with E-state index in [0.717, 1.165) is 30.6 Å². The van der Waals surface area contributed by atoms with Crippen LogP contribution in [0.4, 0.5) is 0 Å². The highest BCUT2D eigenvalue weighted by Crippen LogP contribution is 2.65. The van der Waals surface area contributed by atoms with Gasteiger partial charge in [-0.05, 0) is 85.3 Å². The number of hydrogen-bond acceptors (Lipinski definition) is 6. The number of rotatable bonds is 3. The molecule has 3 aliphatic rings. The van der Waals surface area contributed by atoms with E-state index in [-0.39, 0.29) is 23.9 Å². The van der Waals surface area contributed by atoms with Gasteiger partial charge in [0, 0.05) is 18.3 Å². The van der Waals surface area contributed by atoms with Crippen molar-refractivity contribution in [2.45, 2.75) is 63.6 Å². The number of carbonyl (C=O) groups is 2. The summed E-state index contributed by atoms with van der Waals surface area (Å²) in [7, 11) is 1.29. The summed E-state index contributed by atoms with van der Waals surface area (Å²) in [6, 6.07) is 15.7. The molecule has 2 aromatic carbocycles. The maximum absolute atomic E-state index is 12.1. The summed E-state index contributed by atoms with van der Waals surface area (Å²) in [6.07, 6.45) is 3.31. The Morgan fingerprint density at radius 3 is 2.53 bits per heavy atom. The Morgan fingerprint density at radius 1 is 1.03 bits per heavy atom. The molecule has 0 heterocycles. The van der Waals surface area contributed by atoms with Gasteiger partial charge in [-0.2, -0.15) is 0 Å². The van der Waals surface area contributed by atoms with Crippen LogP contribution in [0.5, 0.6) is 11.5 Å². The number of fused-ring (bicyclic) bond motifs is 5. The van der Waals surface area contributed by atoms with E-state index in [1.54, 1.807) is 0 Å². The molecule has 0 spiro atoms. The Bertz CT molecular complexity index is 1230. The summed E-state index contributed by atoms with van der Waals surface area (Å²) in [4.78, 5) is 23.7. The molecule has 188 valence electrons. The van der Waals surface area contributed by atoms with Crippen LogP contribution in [0.25, 0.3) is 0 Å². The van der Waals surface area contributed by atoms with Gasteiger partial charge in [0.1, 0.15) is 23.2 Å². The predicted molar refractivity (Wildman–Crippen MR) is 133 cm³/mol. The van der Waals surface area contributed by atoms with E-state index in [1.165, 1.54) is 19.6 Å². The van der Waals surface area contributed by atoms with Gasteiger partial charge in [-0.1, -0.05) is 37.1 Å². The van der Waals surface area contributed by atoms with E-state index >= 15 is 0 Å². The van der Waals surface area contributed by atoms with Crippen LogP contribution in [0.3, 0.4) is 0 Å². The van der Waals surface area contributed by atoms with Crippen molar-refractivity contribution in [2.75, 3.05) is 7.11 Å². The quantitative estimate of drug-likeness (QED) is 0.359. The average molecular weight is 489 g/mol. The number of ether oxygens (including phenoxy) is 3. The molecule has 6 atom stereocenters. The largest absolute Gasteiger partial charge is 0.459 e. The second kappa shape index (κ2) is 9.29. The molecule has 1 N–H and O–H groups in total. The monoisotopic (exact) mass is 488 g/mol. The standard InChI is InChI=1S/C30H32O6/c1-19(31)35-27-18-24-23(22-10-9-21(17-25(22)27)36-20-7-5-4-6-8-20)11-14-29(2)26(24)12-15-30(29,33)16-13-28(32)34-3/h4-10,17,23-24,26-27,33H,11-12,14-15,18H2,1-3H3/t23-,24-,26+,27-,29+,30-/m1/s1. The molecule has 36 heavy (non-hydrogen) atoms. The highest BCUT2D eigenvalue weighted by atomic mass is 16.5. The fourth-order valence-corrected chi connectivity index (χ4v) is 6.97. The maximum Gasteiger partial charge on any atom is 0.384 e. The molecule has 0 aliphatic heterocycles. The van der Waals surface area contributed by atoms with Gasteiger partial charge in [0.05, 0.1) is 7.11 Å². The first-order chi connectivity index (χ1) is 17.2. The zero-order valence-corrected chi connectivity index (χ0v) is 21.0. The number of methoxy groups -OCH3 is 1. The molecule has 5 rings (SSSR count). The third-order valence-electron chi connectivity index (χ3n) is 8.72. The second-order valence-corrected chi connectivity index (χ2v) is 10.5. The molecule has 2 saturated carbocycles. The molecule has 0 aromatic heterocycles. The molecule has 0 bridgehead atoms. The normalized spacial score (nSPS) is 32.1. The van der Waals surface area contributed by atoms with Crippen LogP contribution in [0, 0.1) is 29.1 Å². The van der Waals surface area contributed by atoms with Crippen molar-refractivity contribution in [3.63, 3.8) is 0 Å². The van der Waals surface area contributed by atoms with Gasteiger partial charge in [-0.15, -0.1) is 0 Å². The van der Waals surface area contributed by atoms with Crippen LogP contribution in [0.1, 0.15) is 69.1 Å². The van der Waals surface area contributed by atoms with Crippen LogP contribution in [0.15, 0.2) is 48.5 Å². The molecule has 0 radical (unpaired) electrons. The van der Waals surface area contributed by atoms with Gasteiger partial charge < -0.3 is 19.3 Å². The lowest BCUT2D eigenvalue weighted by Gasteiger charge is -2.53. The van der Waals surface area contributed by atoms with Crippen molar-refractivity contribution in [2.24, 2.45) is 17.3 Å². The molecular formula is C30H32O6. The number of benzene rings is 2. The molecule has 6 nitrogen and oxygen atoms in total. The van der Waals surface area contributed by atoms with E-state index in [2.05, 4.69) is 29.6 Å². The Labute approximate surface area is 211 Å². The van der Waals surface area contributed by atoms with E-state index in [4.69, 9.17) is 9.47 Å². The lowest BCUT2D eigenvalue weighted by atomic mass is 9.53. The Hall–Kier alpha value is -3.30. The van der Waals surface area contributed by atoms with Gasteiger partial charge in [0.2, 0.25) is 0 Å². The van der Waals surface area contributed by atoms with Crippen molar-refractivity contribution in [3.05, 3.63) is 59.7 Å². The summed E-state index contributed by atoms with van der Waals surface area (Å²) in [5.41, 5.74) is 0.490. The molecule has 2 fully saturated rings. The van der Waals surface area contributed by atoms with Crippen LogP contribution in [-0.4, -0.2) is 29.8 Å². The summed E-state index contributed by atoms with van der Waals surface area (Å²) < 4.78 is 16.6. The van der Waals surface area contributed by atoms with Gasteiger partial charge in [-0.25, -0.2) is 4.79 Å². The van der Waals surface area contributed by atoms with Crippen molar-refractivity contribution in [3.8, 4) is 23.3 Å². The summed E-state index contributed by atoms with van der Waals surface area (Å²) in [5, 5.41) is 11.6. The van der Waals surface area contributed by atoms with Crippen LogP contribution >= 0.6 is 0 Å². The van der Waals surface area contributed by atoms with Gasteiger partial charge in [0.25, 0.3) is 0 Å². The molecule has 0 amide bonds. The number of aliphatic hydroxyl groups is 1. The van der Waals surface area contributed by atoms with E-state index in [0.29, 0.717) is 24.5 Å². The minimum Gasteiger partial charge on any atom is -0.459 e. The van der Waals surface area contributed by atoms with E-state index in [1.807, 2.05) is 42.5 Å². The van der Waals surface area contributed by atoms with Gasteiger partial charge in [-0.3, -0.25) is 4.79 Å². The van der Waals surface area contributed by atoms with E-state index in [9.17, 15) is 14.7 Å². The summed E-state index contributed by atoms with van der Waals surface area (Å²) in [5.74, 6) is 6.58. The highest BCUT2D eigenvalue weighted by Gasteiger charge is 2.62. The number of esters is 2. The summed E-state index contributed by atoms with van der Waals surface area (Å²) >= 11 is 0. The smallest absolute Gasteiger partial charge is 0.384 e. The lowest BCUT2D eigenvalue weighted by molar-refractivity contribution is -0.150. The molecule has 2 aromatic rings. The summed E-state index contributed by atoms with van der Waals surface area (Å²) in [6.45, 7) is 3.54. The Balaban J connectivity index is 1.48. The topological polar surface area (TPSA) is 82.1 Å². The number of hydrogen-bond donors (Lipinski definition) is 1. The van der Waals surface area contributed by atoms with Crippen LogP contribution in [-0.2, 0) is 19.1 Å². The maximum atomic E-state index is 12.1. The number of para-hydroxylation sites is 1. The average Bonchev–Trinajstić information content (AvgIpc) is 3.14. The van der Waals surface area contributed by atoms with Crippen LogP contribution in [0.2, 0.25) is 0 Å². The molecular weight excluding hydrogens is 456 g/mol. The molecule has 0 saturated heterocycles. The fraction of sp³-hybridized carbons (Fsp3) is 0.467. The first-order valence-corrected chi connectivity index (χ1v) is 12.6. The predicted octanol–water partition coefficient (Wildman–Crippen LogP) is 5.30. The second-order valence-electron chi connectivity index (χ2n) is 10.5. The SMILES string of the molecule is COC(=O)C#C[C@]1(O)CC[C@H]2[C@@H]3C[C@@H](OC(C)=O)c4cc(Oc5ccccc5)ccc4[C@H]3CC[C@@]21C. The number of carbonyl (C=O) groups excluding carboxylic acids is 2. The van der Waals surface area contributed by atoms with E-state index < -0.39 is 17.0 Å². The van der Waals surface area contributed by atoms with Crippen molar-refractivity contribution in [1.29, 1.82) is 0 Å². The fourth-order valence-electron chi connectivity index (χ4n) is 6.97. The lowest BCUT2D eigenvalue weighted by Crippen LogP contribution is -2.50. The van der Waals surface area contributed by atoms with Crippen LogP contribution < -0.4 is 4.74 Å². The first-order valence-electron chi connectivity index (χ1n) is 12.6. The Kier molecular flexibility index (Phi) is 6.30. The van der Waals surface area contributed by atoms with Crippen molar-refractivity contribution >= 4 is 11.9 Å². The van der Waals surface area contributed by atoms with Gasteiger partial charge in [0.15, 0.2) is 0 Å². The van der Waals surface area contributed by atoms with Crippen molar-refractivity contribution in [1.82, 2.24) is 0 Å². The minimum absolute atomic E-state index is 0.194. The minimum atomic E-state index is -1.25. The zero-order valence-electron chi connectivity index (χ0n) is 21.0. The third-order valence-corrected chi connectivity index (χ3v) is 8.72. The van der Waals surface area contributed by atoms with Crippen molar-refractivity contribution < 1.29 is 28.9 Å². The molecule has 3 aliphatic carbocycles. The third kappa shape index (κ3) is 4.16. The van der Waals surface area contributed by atoms with Gasteiger partial charge >= 0.3 is 11.9 Å². The zero-order chi connectivity index (χ0) is 25.5. The first kappa shape index (κ1) is 24.4. The molecule has 0 unspecified atom stereocenters. The Morgan fingerprint density at radius 2 is 1.81 bits per heavy atom. The molecule has 6 heteroatoms. The highest BCUT2D eigenvalue weighted by molar-refractivity contribution is 5.88.